The average molecular weight is 463 g/mol. The fourth-order valence-electron chi connectivity index (χ4n) is 1.36. The Labute approximate surface area is 141 Å². The Bertz CT molecular complexity index is 619. The van der Waals surface area contributed by atoms with Gasteiger partial charge in [-0.15, -0.1) is 10.2 Å². The summed E-state index contributed by atoms with van der Waals surface area (Å²) in [6, 6.07) is 13.4. The van der Waals surface area contributed by atoms with Crippen LogP contribution in [0.4, 0.5) is 5.69 Å². The van der Waals surface area contributed by atoms with Crippen molar-refractivity contribution in [2.24, 2.45) is 10.2 Å². The summed E-state index contributed by atoms with van der Waals surface area (Å²) in [6.45, 7) is 0. The van der Waals surface area contributed by atoms with Gasteiger partial charge in [0.05, 0.1) is 0 Å². The van der Waals surface area contributed by atoms with Gasteiger partial charge in [0.2, 0.25) is 0 Å². The van der Waals surface area contributed by atoms with E-state index >= 15 is 0 Å². The molecule has 0 N–H and O–H groups in total. The van der Waals surface area contributed by atoms with E-state index in [9.17, 15) is 0 Å². The molecule has 0 atom stereocenters. The highest BCUT2D eigenvalue weighted by molar-refractivity contribution is 9.11. The molecule has 0 saturated heterocycles. The second-order valence-corrected chi connectivity index (χ2v) is 6.60. The molecule has 2 nitrogen and oxygen atoms in total. The number of thiocarbonyl (C=S) groups is 1. The Kier molecular flexibility index (Phi) is 5.38. The summed E-state index contributed by atoms with van der Waals surface area (Å²) < 4.78 is 2.64. The first-order chi connectivity index (χ1) is 9.08. The average Bonchev–Trinajstić information content (AvgIpc) is 2.38. The molecular formula is C13H7Br3N2S. The Hall–Kier alpha value is -0.430. The maximum Gasteiger partial charge on any atom is 0.155 e. The molecule has 0 bridgehead atoms. The van der Waals surface area contributed by atoms with Gasteiger partial charge >= 0.3 is 0 Å². The minimum atomic E-state index is 0.460. The normalized spacial score (nSPS) is 10.9. The van der Waals surface area contributed by atoms with Crippen LogP contribution in [0.5, 0.6) is 0 Å². The van der Waals surface area contributed by atoms with Crippen LogP contribution >= 0.6 is 60.0 Å². The van der Waals surface area contributed by atoms with Gasteiger partial charge in [-0.3, -0.25) is 0 Å². The van der Waals surface area contributed by atoms with E-state index in [0.29, 0.717) is 10.7 Å². The van der Waals surface area contributed by atoms with Crippen molar-refractivity contribution in [1.82, 2.24) is 0 Å². The van der Waals surface area contributed by atoms with Gasteiger partial charge in [-0.1, -0.05) is 58.5 Å². The summed E-state index contributed by atoms with van der Waals surface area (Å²) in [6.07, 6.45) is 0. The largest absolute Gasteiger partial charge is 0.155 e. The molecule has 19 heavy (non-hydrogen) atoms. The zero-order chi connectivity index (χ0) is 13.8. The Morgan fingerprint density at radius 2 is 1.53 bits per heavy atom. The van der Waals surface area contributed by atoms with Crippen LogP contribution in [-0.2, 0) is 0 Å². The zero-order valence-corrected chi connectivity index (χ0v) is 15.1. The molecule has 96 valence electrons. The molecule has 0 saturated carbocycles. The smallest absolute Gasteiger partial charge is 0.147 e. The molecule has 2 aromatic rings. The third-order valence-electron chi connectivity index (χ3n) is 2.24. The van der Waals surface area contributed by atoms with Gasteiger partial charge in [-0.2, -0.15) is 0 Å². The van der Waals surface area contributed by atoms with Crippen LogP contribution in [-0.4, -0.2) is 4.99 Å². The van der Waals surface area contributed by atoms with Crippen LogP contribution in [0.25, 0.3) is 0 Å². The van der Waals surface area contributed by atoms with Crippen molar-refractivity contribution in [3.8, 4) is 0 Å². The van der Waals surface area contributed by atoms with Crippen molar-refractivity contribution in [3.05, 3.63) is 61.4 Å². The second-order valence-electron chi connectivity index (χ2n) is 3.59. The fourth-order valence-corrected chi connectivity index (χ4v) is 3.96. The lowest BCUT2D eigenvalue weighted by molar-refractivity contribution is 1.26. The lowest BCUT2D eigenvalue weighted by Gasteiger charge is -2.02. The first-order valence-corrected chi connectivity index (χ1v) is 8.02. The number of nitrogens with zero attached hydrogens (tertiary/aromatic N) is 2. The SMILES string of the molecule is S=C(N=Nc1c(Br)cc(Br)cc1Br)c1ccccc1. The second kappa shape index (κ2) is 6.83. The summed E-state index contributed by atoms with van der Waals surface area (Å²) >= 11 is 15.5. The molecule has 0 heterocycles. The van der Waals surface area contributed by atoms with Crippen LogP contribution in [0.2, 0.25) is 0 Å². The first-order valence-electron chi connectivity index (χ1n) is 5.23. The minimum absolute atomic E-state index is 0.460. The maximum atomic E-state index is 5.23. The van der Waals surface area contributed by atoms with Crippen LogP contribution in [0, 0.1) is 0 Å². The number of hydrogen-bond donors (Lipinski definition) is 0. The predicted octanol–water partition coefficient (Wildman–Crippen LogP) is 6.43. The number of hydrogen-bond acceptors (Lipinski definition) is 2. The van der Waals surface area contributed by atoms with E-state index in [0.717, 1.165) is 19.0 Å². The highest BCUT2D eigenvalue weighted by Gasteiger charge is 2.06. The van der Waals surface area contributed by atoms with Gasteiger partial charge in [-0.25, -0.2) is 0 Å². The molecule has 2 aromatic carbocycles. The van der Waals surface area contributed by atoms with E-state index in [1.807, 2.05) is 42.5 Å². The number of azo groups is 1. The molecule has 0 aliphatic carbocycles. The van der Waals surface area contributed by atoms with E-state index in [2.05, 4.69) is 58.0 Å². The van der Waals surface area contributed by atoms with Gasteiger partial charge < -0.3 is 0 Å². The Morgan fingerprint density at radius 3 is 2.11 bits per heavy atom. The number of benzene rings is 2. The molecule has 0 aromatic heterocycles. The molecule has 0 spiro atoms. The van der Waals surface area contributed by atoms with E-state index in [1.165, 1.54) is 0 Å². The lowest BCUT2D eigenvalue weighted by Crippen LogP contribution is -1.90. The highest BCUT2D eigenvalue weighted by atomic mass is 79.9. The van der Waals surface area contributed by atoms with Crippen molar-refractivity contribution < 1.29 is 0 Å². The molecular weight excluding hydrogens is 456 g/mol. The number of halogens is 3. The zero-order valence-electron chi connectivity index (χ0n) is 9.48. The van der Waals surface area contributed by atoms with Crippen LogP contribution < -0.4 is 0 Å². The van der Waals surface area contributed by atoms with E-state index in [-0.39, 0.29) is 0 Å². The topological polar surface area (TPSA) is 24.7 Å². The Morgan fingerprint density at radius 1 is 0.947 bits per heavy atom. The molecule has 0 aliphatic rings. The molecule has 6 heteroatoms. The lowest BCUT2D eigenvalue weighted by atomic mass is 10.2. The fraction of sp³-hybridized carbons (Fsp3) is 0. The van der Waals surface area contributed by atoms with Crippen molar-refractivity contribution in [2.45, 2.75) is 0 Å². The summed E-state index contributed by atoms with van der Waals surface area (Å²) in [4.78, 5) is 0.460. The van der Waals surface area contributed by atoms with Crippen LogP contribution in [0.15, 0.2) is 66.1 Å². The molecule has 0 unspecified atom stereocenters. The van der Waals surface area contributed by atoms with Crippen molar-refractivity contribution >= 4 is 70.7 Å². The van der Waals surface area contributed by atoms with Crippen molar-refractivity contribution in [1.29, 1.82) is 0 Å². The molecule has 0 radical (unpaired) electrons. The molecule has 2 rings (SSSR count). The number of rotatable bonds is 2. The van der Waals surface area contributed by atoms with E-state index in [1.54, 1.807) is 0 Å². The third kappa shape index (κ3) is 4.02. The predicted molar refractivity (Wildman–Crippen MR) is 92.2 cm³/mol. The molecule has 0 aliphatic heterocycles. The molecule has 0 amide bonds. The monoisotopic (exact) mass is 460 g/mol. The van der Waals surface area contributed by atoms with Gasteiger partial charge in [0.1, 0.15) is 5.69 Å². The Balaban J connectivity index is 2.27. The van der Waals surface area contributed by atoms with Crippen LogP contribution in [0.3, 0.4) is 0 Å². The van der Waals surface area contributed by atoms with Gasteiger partial charge in [-0.05, 0) is 44.0 Å². The summed E-state index contributed by atoms with van der Waals surface area (Å²) in [7, 11) is 0. The van der Waals surface area contributed by atoms with Crippen molar-refractivity contribution in [3.63, 3.8) is 0 Å². The van der Waals surface area contributed by atoms with Crippen molar-refractivity contribution in [2.75, 3.05) is 0 Å². The highest BCUT2D eigenvalue weighted by Crippen LogP contribution is 2.36. The third-order valence-corrected chi connectivity index (χ3v) is 4.23. The quantitative estimate of drug-likeness (QED) is 0.372. The van der Waals surface area contributed by atoms with E-state index in [4.69, 9.17) is 12.2 Å². The maximum absolute atomic E-state index is 5.23. The van der Waals surface area contributed by atoms with Gasteiger partial charge in [0.15, 0.2) is 4.99 Å². The summed E-state index contributed by atoms with van der Waals surface area (Å²) in [5.74, 6) is 0. The standard InChI is InChI=1S/C13H7Br3N2S/c14-9-6-10(15)12(11(16)7-9)17-18-13(19)8-4-2-1-3-5-8/h1-7H. The molecule has 0 fully saturated rings. The van der Waals surface area contributed by atoms with Gasteiger partial charge in [0, 0.05) is 19.0 Å². The summed E-state index contributed by atoms with van der Waals surface area (Å²) in [5.41, 5.74) is 1.59. The minimum Gasteiger partial charge on any atom is -0.147 e. The van der Waals surface area contributed by atoms with Gasteiger partial charge in [0.25, 0.3) is 0 Å². The first kappa shape index (κ1) is 15.0. The summed E-state index contributed by atoms with van der Waals surface area (Å²) in [5, 5.41) is 8.29. The van der Waals surface area contributed by atoms with E-state index < -0.39 is 0 Å². The van der Waals surface area contributed by atoms with Crippen LogP contribution in [0.1, 0.15) is 5.56 Å².